The number of hydrogen-bond acceptors (Lipinski definition) is 3. The van der Waals surface area contributed by atoms with Crippen molar-refractivity contribution in [3.05, 3.63) is 30.1 Å². The van der Waals surface area contributed by atoms with E-state index in [4.69, 9.17) is 5.73 Å². The van der Waals surface area contributed by atoms with Crippen LogP contribution in [0.1, 0.15) is 19.3 Å². The zero-order valence-corrected chi connectivity index (χ0v) is 11.7. The fourth-order valence-electron chi connectivity index (χ4n) is 2.74. The van der Waals surface area contributed by atoms with Gasteiger partial charge in [-0.05, 0) is 43.5 Å². The molecule has 1 aromatic rings. The highest BCUT2D eigenvalue weighted by Gasteiger charge is 2.35. The topological polar surface area (TPSA) is 63.4 Å². The first-order valence-electron chi connectivity index (χ1n) is 6.40. The zero-order valence-electron chi connectivity index (χ0n) is 10.9. The highest BCUT2D eigenvalue weighted by atomic mass is 32.2. The largest absolute Gasteiger partial charge is 0.330 e. The van der Waals surface area contributed by atoms with Gasteiger partial charge in [0.2, 0.25) is 10.0 Å². The third-order valence-electron chi connectivity index (χ3n) is 3.86. The third-order valence-corrected chi connectivity index (χ3v) is 5.74. The van der Waals surface area contributed by atoms with E-state index in [1.54, 1.807) is 7.05 Å². The second-order valence-electron chi connectivity index (χ2n) is 4.97. The van der Waals surface area contributed by atoms with Crippen LogP contribution in [0.25, 0.3) is 0 Å². The lowest BCUT2D eigenvalue weighted by Crippen LogP contribution is -2.41. The van der Waals surface area contributed by atoms with E-state index in [9.17, 15) is 12.8 Å². The molecule has 4 nitrogen and oxygen atoms in total. The van der Waals surface area contributed by atoms with Gasteiger partial charge < -0.3 is 5.73 Å². The van der Waals surface area contributed by atoms with Crippen LogP contribution in [-0.4, -0.2) is 32.4 Å². The van der Waals surface area contributed by atoms with E-state index in [0.717, 1.165) is 25.3 Å². The van der Waals surface area contributed by atoms with Gasteiger partial charge in [0.05, 0.1) is 4.90 Å². The molecule has 2 atom stereocenters. The predicted molar refractivity (Wildman–Crippen MR) is 71.5 cm³/mol. The van der Waals surface area contributed by atoms with Crippen molar-refractivity contribution < 1.29 is 12.8 Å². The van der Waals surface area contributed by atoms with E-state index in [0.29, 0.717) is 6.54 Å². The molecule has 2 N–H and O–H groups in total. The maximum Gasteiger partial charge on any atom is 0.243 e. The number of rotatable bonds is 4. The van der Waals surface area contributed by atoms with Gasteiger partial charge in [-0.15, -0.1) is 0 Å². The van der Waals surface area contributed by atoms with E-state index in [2.05, 4.69) is 0 Å². The Morgan fingerprint density at radius 3 is 2.79 bits per heavy atom. The van der Waals surface area contributed by atoms with Gasteiger partial charge in [0.25, 0.3) is 0 Å². The summed E-state index contributed by atoms with van der Waals surface area (Å²) >= 11 is 0. The Morgan fingerprint density at radius 1 is 1.42 bits per heavy atom. The van der Waals surface area contributed by atoms with Crippen LogP contribution in [0.4, 0.5) is 4.39 Å². The fourth-order valence-corrected chi connectivity index (χ4v) is 4.22. The van der Waals surface area contributed by atoms with E-state index < -0.39 is 15.8 Å². The summed E-state index contributed by atoms with van der Waals surface area (Å²) < 4.78 is 39.4. The van der Waals surface area contributed by atoms with Gasteiger partial charge in [-0.25, -0.2) is 12.8 Å². The molecule has 1 saturated carbocycles. The first-order chi connectivity index (χ1) is 8.96. The van der Waals surface area contributed by atoms with E-state index >= 15 is 0 Å². The minimum Gasteiger partial charge on any atom is -0.330 e. The van der Waals surface area contributed by atoms with Gasteiger partial charge in [-0.2, -0.15) is 4.31 Å². The Bertz CT molecular complexity index is 547. The summed E-state index contributed by atoms with van der Waals surface area (Å²) in [4.78, 5) is -0.00216. The SMILES string of the molecule is CN(C1CCCC1CN)S(=O)(=O)c1cccc(F)c1. The Hall–Kier alpha value is -0.980. The number of halogens is 1. The molecule has 0 amide bonds. The second kappa shape index (κ2) is 5.56. The molecule has 0 aliphatic heterocycles. The minimum atomic E-state index is -3.65. The first-order valence-corrected chi connectivity index (χ1v) is 7.84. The van der Waals surface area contributed by atoms with E-state index in [-0.39, 0.29) is 16.9 Å². The Morgan fingerprint density at radius 2 is 2.16 bits per heavy atom. The molecule has 2 rings (SSSR count). The smallest absolute Gasteiger partial charge is 0.243 e. The van der Waals surface area contributed by atoms with E-state index in [1.165, 1.54) is 22.5 Å². The van der Waals surface area contributed by atoms with Gasteiger partial charge in [-0.1, -0.05) is 12.5 Å². The average Bonchev–Trinajstić information content (AvgIpc) is 2.85. The highest BCUT2D eigenvalue weighted by Crippen LogP contribution is 2.31. The van der Waals surface area contributed by atoms with Crippen LogP contribution >= 0.6 is 0 Å². The quantitative estimate of drug-likeness (QED) is 0.914. The summed E-state index contributed by atoms with van der Waals surface area (Å²) in [6, 6.07) is 5.03. The Kier molecular flexibility index (Phi) is 4.23. The van der Waals surface area contributed by atoms with Crippen molar-refractivity contribution in [3.8, 4) is 0 Å². The van der Waals surface area contributed by atoms with Crippen LogP contribution in [0.5, 0.6) is 0 Å². The van der Waals surface area contributed by atoms with E-state index in [1.807, 2.05) is 0 Å². The van der Waals surface area contributed by atoms with Crippen LogP contribution in [-0.2, 0) is 10.0 Å². The molecule has 1 fully saturated rings. The highest BCUT2D eigenvalue weighted by molar-refractivity contribution is 7.89. The molecule has 2 unspecified atom stereocenters. The Labute approximate surface area is 113 Å². The number of benzene rings is 1. The van der Waals surface area contributed by atoms with Crippen molar-refractivity contribution >= 4 is 10.0 Å². The third kappa shape index (κ3) is 2.80. The second-order valence-corrected chi connectivity index (χ2v) is 6.97. The standard InChI is InChI=1S/C13H19FN2O2S/c1-16(13-7-2-4-10(13)9-15)19(17,18)12-6-3-5-11(14)8-12/h3,5-6,8,10,13H,2,4,7,9,15H2,1H3. The lowest BCUT2D eigenvalue weighted by molar-refractivity contribution is 0.304. The van der Waals surface area contributed by atoms with Crippen molar-refractivity contribution in [1.29, 1.82) is 0 Å². The van der Waals surface area contributed by atoms with Crippen LogP contribution in [0.2, 0.25) is 0 Å². The average molecular weight is 286 g/mol. The molecule has 0 saturated heterocycles. The summed E-state index contributed by atoms with van der Waals surface area (Å²) in [5.41, 5.74) is 5.69. The van der Waals surface area contributed by atoms with Gasteiger partial charge >= 0.3 is 0 Å². The molecule has 0 bridgehead atoms. The lowest BCUT2D eigenvalue weighted by atomic mass is 10.0. The summed E-state index contributed by atoms with van der Waals surface area (Å²) in [5.74, 6) is -0.357. The van der Waals surface area contributed by atoms with Gasteiger partial charge in [-0.3, -0.25) is 0 Å². The minimum absolute atomic E-state index is 0.00216. The number of nitrogens with two attached hydrogens (primary N) is 1. The van der Waals surface area contributed by atoms with Crippen LogP contribution < -0.4 is 5.73 Å². The summed E-state index contributed by atoms with van der Waals surface area (Å²) in [6.07, 6.45) is 2.74. The molecular formula is C13H19FN2O2S. The summed E-state index contributed by atoms with van der Waals surface area (Å²) in [6.45, 7) is 0.480. The molecule has 19 heavy (non-hydrogen) atoms. The molecule has 6 heteroatoms. The van der Waals surface area contributed by atoms with Crippen LogP contribution in [0.15, 0.2) is 29.2 Å². The number of hydrogen-bond donors (Lipinski definition) is 1. The lowest BCUT2D eigenvalue weighted by Gasteiger charge is -2.28. The summed E-state index contributed by atoms with van der Waals surface area (Å²) in [5, 5.41) is 0. The van der Waals surface area contributed by atoms with Gasteiger partial charge in [0.1, 0.15) is 5.82 Å². The molecule has 1 aliphatic rings. The molecular weight excluding hydrogens is 267 g/mol. The monoisotopic (exact) mass is 286 g/mol. The molecule has 1 aromatic carbocycles. The van der Waals surface area contributed by atoms with Crippen molar-refractivity contribution in [3.63, 3.8) is 0 Å². The zero-order chi connectivity index (χ0) is 14.0. The fraction of sp³-hybridized carbons (Fsp3) is 0.538. The summed E-state index contributed by atoms with van der Waals surface area (Å²) in [7, 11) is -2.10. The molecule has 0 aromatic heterocycles. The molecule has 0 spiro atoms. The molecule has 1 aliphatic carbocycles. The predicted octanol–water partition coefficient (Wildman–Crippen LogP) is 1.57. The first kappa shape index (κ1) is 14.4. The molecule has 106 valence electrons. The van der Waals surface area contributed by atoms with Crippen molar-refractivity contribution in [2.75, 3.05) is 13.6 Å². The molecule has 0 radical (unpaired) electrons. The van der Waals surface area contributed by atoms with Crippen LogP contribution in [0.3, 0.4) is 0 Å². The number of nitrogens with zero attached hydrogens (tertiary/aromatic N) is 1. The van der Waals surface area contributed by atoms with Crippen LogP contribution in [0, 0.1) is 11.7 Å². The maximum absolute atomic E-state index is 13.2. The van der Waals surface area contributed by atoms with Crippen molar-refractivity contribution in [1.82, 2.24) is 4.31 Å². The van der Waals surface area contributed by atoms with Gasteiger partial charge in [0.15, 0.2) is 0 Å². The molecule has 0 heterocycles. The van der Waals surface area contributed by atoms with Gasteiger partial charge in [0, 0.05) is 13.1 Å². The Balaban J connectivity index is 2.29. The van der Waals surface area contributed by atoms with Crippen molar-refractivity contribution in [2.24, 2.45) is 11.7 Å². The normalized spacial score (nSPS) is 24.0. The van der Waals surface area contributed by atoms with Crippen molar-refractivity contribution in [2.45, 2.75) is 30.2 Å². The maximum atomic E-state index is 13.2. The number of sulfonamides is 1.